The van der Waals surface area contributed by atoms with Crippen LogP contribution in [0.4, 0.5) is 5.82 Å². The molecule has 144 valence electrons. The molecule has 2 aliphatic rings. The molecule has 28 heavy (non-hydrogen) atoms. The van der Waals surface area contributed by atoms with Crippen LogP contribution in [-0.2, 0) is 16.0 Å². The minimum Gasteiger partial charge on any atom is -0.504 e. The van der Waals surface area contributed by atoms with Gasteiger partial charge in [0.05, 0.1) is 12.0 Å². The Bertz CT molecular complexity index is 1130. The highest BCUT2D eigenvalue weighted by Crippen LogP contribution is 2.21. The molecule has 0 saturated carbocycles. The Kier molecular flexibility index (Phi) is 4.55. The number of amides is 1. The number of hydrogen-bond acceptors (Lipinski definition) is 8. The van der Waals surface area contributed by atoms with Crippen LogP contribution in [0, 0.1) is 0 Å². The summed E-state index contributed by atoms with van der Waals surface area (Å²) in [7, 11) is 0. The van der Waals surface area contributed by atoms with E-state index in [2.05, 4.69) is 10.1 Å². The lowest BCUT2D eigenvalue weighted by molar-refractivity contribution is -0.129. The summed E-state index contributed by atoms with van der Waals surface area (Å²) in [6, 6.07) is 0. The largest absolute Gasteiger partial charge is 0.504 e. The maximum Gasteiger partial charge on any atom is 0.283 e. The Morgan fingerprint density at radius 3 is 2.75 bits per heavy atom. The maximum atomic E-state index is 12.4. The molecule has 0 aromatic carbocycles. The van der Waals surface area contributed by atoms with E-state index in [1.165, 1.54) is 28.8 Å². The minimum atomic E-state index is -0.552. The van der Waals surface area contributed by atoms with Crippen molar-refractivity contribution in [3.05, 3.63) is 50.5 Å². The lowest BCUT2D eigenvalue weighted by Gasteiger charge is -2.13. The third-order valence-corrected chi connectivity index (χ3v) is 5.50. The highest BCUT2D eigenvalue weighted by Gasteiger charge is 2.21. The van der Waals surface area contributed by atoms with Gasteiger partial charge in [0, 0.05) is 13.1 Å². The number of allylic oxidation sites excluding steroid dienone is 4. The van der Waals surface area contributed by atoms with Gasteiger partial charge in [0.2, 0.25) is 16.7 Å². The summed E-state index contributed by atoms with van der Waals surface area (Å²) >= 11 is 1.15. The molecular formula is C18H17N5O4S. The number of aromatic nitrogens is 3. The lowest BCUT2D eigenvalue weighted by Crippen LogP contribution is -2.29. The smallest absolute Gasteiger partial charge is 0.283 e. The van der Waals surface area contributed by atoms with Gasteiger partial charge in [-0.2, -0.15) is 14.6 Å². The summed E-state index contributed by atoms with van der Waals surface area (Å²) < 4.78 is 1.34. The molecular weight excluding hydrogens is 382 g/mol. The number of aliphatic hydroxyl groups excluding tert-OH is 1. The number of carbonyl (C=O) groups excluding carboxylic acids is 2. The van der Waals surface area contributed by atoms with Crippen molar-refractivity contribution >= 4 is 39.9 Å². The third kappa shape index (κ3) is 3.33. The second-order valence-electron chi connectivity index (χ2n) is 6.54. The molecule has 0 atom stereocenters. The van der Waals surface area contributed by atoms with E-state index in [-0.39, 0.29) is 23.7 Å². The molecule has 3 N–H and O–H groups in total. The first kappa shape index (κ1) is 18.1. The van der Waals surface area contributed by atoms with Crippen molar-refractivity contribution < 1.29 is 14.7 Å². The number of carbonyl (C=O) groups is 2. The first-order chi connectivity index (χ1) is 13.4. The molecule has 1 aliphatic heterocycles. The van der Waals surface area contributed by atoms with Gasteiger partial charge in [-0.05, 0) is 36.6 Å². The molecule has 1 amide bonds. The van der Waals surface area contributed by atoms with Gasteiger partial charge in [-0.1, -0.05) is 17.4 Å². The summed E-state index contributed by atoms with van der Waals surface area (Å²) in [6.07, 6.45) is 7.51. The van der Waals surface area contributed by atoms with Crippen LogP contribution in [0.25, 0.3) is 11.0 Å². The van der Waals surface area contributed by atoms with E-state index in [4.69, 9.17) is 5.73 Å². The fourth-order valence-corrected chi connectivity index (χ4v) is 4.01. The highest BCUT2D eigenvalue weighted by atomic mass is 32.1. The molecule has 1 saturated heterocycles. The molecule has 0 spiro atoms. The molecule has 9 nitrogen and oxygen atoms in total. The number of anilines is 1. The Morgan fingerprint density at radius 1 is 1.29 bits per heavy atom. The standard InChI is InChI=1S/C18H17N5O4S/c19-16-11(7-10-3-4-12(24)13(25)8-10)17(27)20-18-23(16)21-14(28-18)9-15(26)22-5-1-2-6-22/h3-4,7-8,25H,1-2,5-6,9,19H2. The fraction of sp³-hybridized carbons (Fsp3) is 0.278. The third-order valence-electron chi connectivity index (χ3n) is 4.59. The van der Waals surface area contributed by atoms with Crippen LogP contribution in [-0.4, -0.2) is 49.4 Å². The van der Waals surface area contributed by atoms with E-state index in [0.717, 1.165) is 37.3 Å². The first-order valence-electron chi connectivity index (χ1n) is 8.73. The molecule has 4 rings (SSSR count). The van der Waals surface area contributed by atoms with Crippen LogP contribution in [0.5, 0.6) is 0 Å². The molecule has 0 bridgehead atoms. The van der Waals surface area contributed by atoms with Crippen molar-refractivity contribution in [2.45, 2.75) is 19.3 Å². The SMILES string of the molecule is Nc1c(C=C2C=CC(=O)C(O)=C2)c(=O)nc2sc(CC(=O)N3CCCC3)nn12. The average molecular weight is 399 g/mol. The first-order valence-corrected chi connectivity index (χ1v) is 9.55. The van der Waals surface area contributed by atoms with Crippen LogP contribution < -0.4 is 11.3 Å². The average Bonchev–Trinajstić information content (AvgIpc) is 3.31. The van der Waals surface area contributed by atoms with Crippen molar-refractivity contribution in [1.29, 1.82) is 0 Å². The molecule has 2 aromatic rings. The molecule has 10 heteroatoms. The number of ketones is 1. The van der Waals surface area contributed by atoms with E-state index in [1.54, 1.807) is 4.90 Å². The fourth-order valence-electron chi connectivity index (χ4n) is 3.13. The lowest BCUT2D eigenvalue weighted by atomic mass is 10.1. The second kappa shape index (κ2) is 7.04. The van der Waals surface area contributed by atoms with E-state index < -0.39 is 17.1 Å². The van der Waals surface area contributed by atoms with Crippen LogP contribution in [0.2, 0.25) is 0 Å². The van der Waals surface area contributed by atoms with Crippen LogP contribution in [0.15, 0.2) is 34.4 Å². The van der Waals surface area contributed by atoms with Crippen molar-refractivity contribution in [3.8, 4) is 0 Å². The molecule has 0 radical (unpaired) electrons. The van der Waals surface area contributed by atoms with Gasteiger partial charge in [0.25, 0.3) is 5.56 Å². The Morgan fingerprint density at radius 2 is 2.04 bits per heavy atom. The van der Waals surface area contributed by atoms with Crippen molar-refractivity contribution in [1.82, 2.24) is 19.5 Å². The van der Waals surface area contributed by atoms with Gasteiger partial charge >= 0.3 is 0 Å². The number of likely N-dealkylation sites (tertiary alicyclic amines) is 1. The zero-order chi connectivity index (χ0) is 19.8. The van der Waals surface area contributed by atoms with Crippen LogP contribution in [0.1, 0.15) is 23.4 Å². The van der Waals surface area contributed by atoms with Gasteiger partial charge in [-0.25, -0.2) is 0 Å². The summed E-state index contributed by atoms with van der Waals surface area (Å²) in [5, 5.41) is 14.4. The summed E-state index contributed by atoms with van der Waals surface area (Å²) in [4.78, 5) is 42.1. The second-order valence-corrected chi connectivity index (χ2v) is 7.58. The van der Waals surface area contributed by atoms with Crippen LogP contribution >= 0.6 is 11.3 Å². The molecule has 1 aliphatic carbocycles. The predicted octanol–water partition coefficient (Wildman–Crippen LogP) is 0.862. The van der Waals surface area contributed by atoms with Crippen molar-refractivity contribution in [3.63, 3.8) is 0 Å². The predicted molar refractivity (Wildman–Crippen MR) is 104 cm³/mol. The molecule has 2 aromatic heterocycles. The van der Waals surface area contributed by atoms with Gasteiger partial charge < -0.3 is 15.7 Å². The van der Waals surface area contributed by atoms with E-state index in [0.29, 0.717) is 15.5 Å². The molecule has 1 fully saturated rings. The van der Waals surface area contributed by atoms with Gasteiger partial charge in [-0.15, -0.1) is 0 Å². The van der Waals surface area contributed by atoms with Gasteiger partial charge in [-0.3, -0.25) is 14.4 Å². The Hall–Kier alpha value is -3.27. The summed E-state index contributed by atoms with van der Waals surface area (Å²) in [5.41, 5.74) is 6.09. The summed E-state index contributed by atoms with van der Waals surface area (Å²) in [5.74, 6) is -0.852. The number of fused-ring (bicyclic) bond motifs is 1. The molecule has 3 heterocycles. The minimum absolute atomic E-state index is 0.00182. The number of nitrogens with two attached hydrogens (primary N) is 1. The number of aliphatic hydroxyl groups is 1. The van der Waals surface area contributed by atoms with Gasteiger partial charge in [0.1, 0.15) is 10.8 Å². The highest BCUT2D eigenvalue weighted by molar-refractivity contribution is 7.16. The quantitative estimate of drug-likeness (QED) is 0.783. The van der Waals surface area contributed by atoms with E-state index >= 15 is 0 Å². The van der Waals surface area contributed by atoms with E-state index in [1.807, 2.05) is 0 Å². The Balaban J connectivity index is 1.68. The number of hydrogen-bond donors (Lipinski definition) is 2. The number of nitrogens with zero attached hydrogens (tertiary/aromatic N) is 4. The van der Waals surface area contributed by atoms with E-state index in [9.17, 15) is 19.5 Å². The molecule has 0 unspecified atom stereocenters. The van der Waals surface area contributed by atoms with Crippen molar-refractivity contribution in [2.24, 2.45) is 0 Å². The zero-order valence-corrected chi connectivity index (χ0v) is 15.6. The number of rotatable bonds is 3. The zero-order valence-electron chi connectivity index (χ0n) is 14.8. The monoisotopic (exact) mass is 399 g/mol. The van der Waals surface area contributed by atoms with Gasteiger partial charge in [0.15, 0.2) is 5.76 Å². The van der Waals surface area contributed by atoms with Crippen molar-refractivity contribution in [2.75, 3.05) is 18.8 Å². The Labute approximate surface area is 163 Å². The maximum absolute atomic E-state index is 12.4. The summed E-state index contributed by atoms with van der Waals surface area (Å²) in [6.45, 7) is 1.52. The van der Waals surface area contributed by atoms with Crippen LogP contribution in [0.3, 0.4) is 0 Å². The normalized spacial score (nSPS) is 18.3. The topological polar surface area (TPSA) is 131 Å². The number of nitrogen functional groups attached to an aromatic ring is 1.